The maximum atomic E-state index is 12.1. The summed E-state index contributed by atoms with van der Waals surface area (Å²) < 4.78 is 12.1. The molecule has 8 heteroatoms. The van der Waals surface area contributed by atoms with Crippen molar-refractivity contribution in [1.29, 1.82) is 0 Å². The molecule has 1 amide bonds. The van der Waals surface area contributed by atoms with Crippen LogP contribution in [0.5, 0.6) is 11.5 Å². The van der Waals surface area contributed by atoms with Crippen LogP contribution in [0.2, 0.25) is 5.02 Å². The van der Waals surface area contributed by atoms with Gasteiger partial charge in [-0.1, -0.05) is 23.7 Å². The normalized spacial score (nSPS) is 10.5. The van der Waals surface area contributed by atoms with Gasteiger partial charge >= 0.3 is 0 Å². The zero-order chi connectivity index (χ0) is 21.3. The third-order valence-electron chi connectivity index (χ3n) is 4.17. The number of benzene rings is 2. The first-order chi connectivity index (χ1) is 14.6. The number of hydrogen-bond donors (Lipinski definition) is 1. The molecule has 0 atom stereocenters. The number of halogens is 1. The number of aromatic nitrogens is 2. The summed E-state index contributed by atoms with van der Waals surface area (Å²) in [4.78, 5) is 24.1. The molecule has 0 bridgehead atoms. The second-order valence-electron chi connectivity index (χ2n) is 6.31. The fourth-order valence-electron chi connectivity index (χ4n) is 2.71. The summed E-state index contributed by atoms with van der Waals surface area (Å²) in [5.74, 6) is 0.900. The Bertz CT molecular complexity index is 1050. The van der Waals surface area contributed by atoms with Crippen LogP contribution in [-0.4, -0.2) is 35.4 Å². The van der Waals surface area contributed by atoms with Crippen molar-refractivity contribution in [3.63, 3.8) is 0 Å². The van der Waals surface area contributed by atoms with Crippen molar-refractivity contribution in [2.24, 2.45) is 0 Å². The smallest absolute Gasteiger partial charge is 0.266 e. The van der Waals surface area contributed by atoms with E-state index in [0.29, 0.717) is 23.1 Å². The highest BCUT2D eigenvalue weighted by Gasteiger charge is 2.07. The summed E-state index contributed by atoms with van der Waals surface area (Å²) in [6, 6.07) is 17.5. The maximum absolute atomic E-state index is 12.1. The van der Waals surface area contributed by atoms with Crippen LogP contribution in [0.15, 0.2) is 65.5 Å². The van der Waals surface area contributed by atoms with E-state index in [-0.39, 0.29) is 31.2 Å². The molecule has 7 nitrogen and oxygen atoms in total. The molecule has 0 radical (unpaired) electrons. The summed E-state index contributed by atoms with van der Waals surface area (Å²) >= 11 is 5.99. The van der Waals surface area contributed by atoms with Gasteiger partial charge in [-0.15, -0.1) is 0 Å². The van der Waals surface area contributed by atoms with Gasteiger partial charge in [-0.2, -0.15) is 5.10 Å². The number of nitrogens with zero attached hydrogens (tertiary/aromatic N) is 2. The number of hydrogen-bond acceptors (Lipinski definition) is 5. The highest BCUT2D eigenvalue weighted by Crippen LogP contribution is 2.23. The Morgan fingerprint density at radius 1 is 1.07 bits per heavy atom. The molecule has 3 aromatic rings. The molecule has 3 rings (SSSR count). The Balaban J connectivity index is 1.55. The Morgan fingerprint density at radius 3 is 2.57 bits per heavy atom. The maximum Gasteiger partial charge on any atom is 0.266 e. The molecule has 0 aliphatic heterocycles. The second kappa shape index (κ2) is 10.5. The minimum Gasteiger partial charge on any atom is -0.494 e. The quantitative estimate of drug-likeness (QED) is 0.567. The number of carbonyl (C=O) groups is 1. The van der Waals surface area contributed by atoms with Gasteiger partial charge in [0.25, 0.3) is 11.5 Å². The zero-order valence-electron chi connectivity index (χ0n) is 16.5. The minimum atomic E-state index is -0.314. The molecule has 1 N–H and O–H groups in total. The Labute approximate surface area is 179 Å². The van der Waals surface area contributed by atoms with Crippen LogP contribution in [0.25, 0.3) is 11.3 Å². The van der Waals surface area contributed by atoms with E-state index in [1.807, 2.05) is 31.2 Å². The van der Waals surface area contributed by atoms with Gasteiger partial charge in [-0.25, -0.2) is 4.68 Å². The van der Waals surface area contributed by atoms with Crippen LogP contribution in [0.3, 0.4) is 0 Å². The van der Waals surface area contributed by atoms with Gasteiger partial charge < -0.3 is 14.8 Å². The van der Waals surface area contributed by atoms with Crippen molar-refractivity contribution in [1.82, 2.24) is 15.1 Å². The first kappa shape index (κ1) is 21.4. The molecule has 0 aliphatic carbocycles. The molecule has 1 aromatic heterocycles. The summed E-state index contributed by atoms with van der Waals surface area (Å²) in [7, 11) is 0. The number of rotatable bonds is 9. The lowest BCUT2D eigenvalue weighted by atomic mass is 10.1. The van der Waals surface area contributed by atoms with E-state index < -0.39 is 0 Å². The summed E-state index contributed by atoms with van der Waals surface area (Å²) in [5.41, 5.74) is 1.28. The fourth-order valence-corrected chi connectivity index (χ4v) is 2.90. The average molecular weight is 428 g/mol. The molecule has 0 spiro atoms. The van der Waals surface area contributed by atoms with E-state index >= 15 is 0 Å². The van der Waals surface area contributed by atoms with Gasteiger partial charge in [-0.3, -0.25) is 9.59 Å². The van der Waals surface area contributed by atoms with Crippen LogP contribution < -0.4 is 20.3 Å². The zero-order valence-corrected chi connectivity index (χ0v) is 17.3. The molecule has 2 aromatic carbocycles. The van der Waals surface area contributed by atoms with E-state index in [2.05, 4.69) is 10.4 Å². The lowest BCUT2D eigenvalue weighted by molar-refractivity contribution is -0.123. The summed E-state index contributed by atoms with van der Waals surface area (Å²) in [6.45, 7) is 2.83. The monoisotopic (exact) mass is 427 g/mol. The van der Waals surface area contributed by atoms with Gasteiger partial charge in [0.15, 0.2) is 6.61 Å². The van der Waals surface area contributed by atoms with Gasteiger partial charge in [0.2, 0.25) is 0 Å². The van der Waals surface area contributed by atoms with E-state index in [0.717, 1.165) is 11.3 Å². The average Bonchev–Trinajstić information content (AvgIpc) is 2.75. The van der Waals surface area contributed by atoms with Crippen molar-refractivity contribution in [3.8, 4) is 22.8 Å². The molecular weight excluding hydrogens is 406 g/mol. The Hall–Kier alpha value is -3.32. The molecule has 30 heavy (non-hydrogen) atoms. The van der Waals surface area contributed by atoms with Crippen molar-refractivity contribution >= 4 is 17.5 Å². The molecule has 1 heterocycles. The number of para-hydroxylation sites is 1. The standard InChI is InChI=1S/C22H22ClN3O4/c1-2-29-17-9-7-16(8-10-17)19-11-12-22(28)26(25-19)14-13-24-21(27)15-30-20-6-4-3-5-18(20)23/h3-12H,2,13-15H2,1H3,(H,24,27). The first-order valence-electron chi connectivity index (χ1n) is 9.52. The van der Waals surface area contributed by atoms with Crippen molar-refractivity contribution in [2.75, 3.05) is 19.8 Å². The molecule has 0 unspecified atom stereocenters. The molecule has 0 saturated heterocycles. The minimum absolute atomic E-state index is 0.168. The first-order valence-corrected chi connectivity index (χ1v) is 9.90. The number of carbonyl (C=O) groups excluding carboxylic acids is 1. The van der Waals surface area contributed by atoms with E-state index in [4.69, 9.17) is 21.1 Å². The van der Waals surface area contributed by atoms with Crippen LogP contribution in [0, 0.1) is 0 Å². The topological polar surface area (TPSA) is 82.5 Å². The van der Waals surface area contributed by atoms with Crippen molar-refractivity contribution in [3.05, 3.63) is 76.0 Å². The van der Waals surface area contributed by atoms with Crippen molar-refractivity contribution < 1.29 is 14.3 Å². The second-order valence-corrected chi connectivity index (χ2v) is 6.71. The summed E-state index contributed by atoms with van der Waals surface area (Å²) in [5, 5.41) is 7.53. The third kappa shape index (κ3) is 5.84. The molecule has 0 fully saturated rings. The molecule has 0 saturated carbocycles. The lowest BCUT2D eigenvalue weighted by Gasteiger charge is -2.10. The molecule has 156 valence electrons. The molecular formula is C22H22ClN3O4. The predicted octanol–water partition coefficient (Wildman–Crippen LogP) is 3.16. The highest BCUT2D eigenvalue weighted by atomic mass is 35.5. The lowest BCUT2D eigenvalue weighted by Crippen LogP contribution is -2.34. The third-order valence-corrected chi connectivity index (χ3v) is 4.48. The summed E-state index contributed by atoms with van der Waals surface area (Å²) in [6.07, 6.45) is 0. The Morgan fingerprint density at radius 2 is 1.83 bits per heavy atom. The van der Waals surface area contributed by atoms with E-state index in [1.165, 1.54) is 10.7 Å². The van der Waals surface area contributed by atoms with Crippen LogP contribution in [0.4, 0.5) is 0 Å². The Kier molecular flexibility index (Phi) is 7.45. The number of ether oxygens (including phenoxy) is 2. The van der Waals surface area contributed by atoms with Gasteiger partial charge in [0.05, 0.1) is 23.9 Å². The van der Waals surface area contributed by atoms with Crippen molar-refractivity contribution in [2.45, 2.75) is 13.5 Å². The van der Waals surface area contributed by atoms with Gasteiger partial charge in [0, 0.05) is 18.2 Å². The van der Waals surface area contributed by atoms with Gasteiger partial charge in [-0.05, 0) is 49.4 Å². The predicted molar refractivity (Wildman–Crippen MR) is 115 cm³/mol. The van der Waals surface area contributed by atoms with E-state index in [9.17, 15) is 9.59 Å². The molecule has 0 aliphatic rings. The number of amides is 1. The van der Waals surface area contributed by atoms with Gasteiger partial charge in [0.1, 0.15) is 11.5 Å². The largest absolute Gasteiger partial charge is 0.494 e. The van der Waals surface area contributed by atoms with E-state index in [1.54, 1.807) is 30.3 Å². The number of nitrogens with one attached hydrogen (secondary N) is 1. The SMILES string of the molecule is CCOc1ccc(-c2ccc(=O)n(CCNC(=O)COc3ccccc3Cl)n2)cc1. The highest BCUT2D eigenvalue weighted by molar-refractivity contribution is 6.32. The van der Waals surface area contributed by atoms with Crippen LogP contribution in [-0.2, 0) is 11.3 Å². The fraction of sp³-hybridized carbons (Fsp3) is 0.227. The van der Waals surface area contributed by atoms with Crippen LogP contribution in [0.1, 0.15) is 6.92 Å². The van der Waals surface area contributed by atoms with Crippen LogP contribution >= 0.6 is 11.6 Å².